The van der Waals surface area contributed by atoms with Crippen molar-refractivity contribution in [1.82, 2.24) is 0 Å². The minimum atomic E-state index is -0.164. The largest absolute Gasteiger partial charge is 0.458 e. The van der Waals surface area contributed by atoms with Gasteiger partial charge < -0.3 is 4.74 Å². The Morgan fingerprint density at radius 2 is 2.43 bits per heavy atom. The van der Waals surface area contributed by atoms with Crippen LogP contribution >= 0.6 is 0 Å². The molecule has 2 heteroatoms. The summed E-state index contributed by atoms with van der Waals surface area (Å²) in [5.74, 6) is -0.164. The van der Waals surface area contributed by atoms with Crippen LogP contribution in [0, 0.1) is 0 Å². The molecule has 0 heterocycles. The van der Waals surface area contributed by atoms with Crippen molar-refractivity contribution in [3.8, 4) is 0 Å². The molecule has 0 saturated heterocycles. The highest BCUT2D eigenvalue weighted by atomic mass is 16.5. The molecule has 0 spiro atoms. The van der Waals surface area contributed by atoms with E-state index in [0.29, 0.717) is 0 Å². The smallest absolute Gasteiger partial charge is 0.303 e. The molecule has 0 aromatic carbocycles. The zero-order valence-electron chi connectivity index (χ0n) is 9.21. The third kappa shape index (κ3) is 3.95. The van der Waals surface area contributed by atoms with E-state index in [1.807, 2.05) is 0 Å². The fourth-order valence-corrected chi connectivity index (χ4v) is 1.88. The standard InChI is InChI=1S/C12H20O2/c1-3-4-6-11-7-5-8-12(9-11)14-10(2)13/h9,12H,3-8H2,1-2H3. The van der Waals surface area contributed by atoms with E-state index < -0.39 is 0 Å². The molecule has 1 rings (SSSR count). The van der Waals surface area contributed by atoms with Gasteiger partial charge in [0.2, 0.25) is 0 Å². The number of rotatable bonds is 4. The average Bonchev–Trinajstić information content (AvgIpc) is 2.14. The summed E-state index contributed by atoms with van der Waals surface area (Å²) in [4.78, 5) is 10.8. The molecule has 0 fully saturated rings. The van der Waals surface area contributed by atoms with Crippen LogP contribution in [0.1, 0.15) is 52.4 Å². The summed E-state index contributed by atoms with van der Waals surface area (Å²) in [6, 6.07) is 0. The number of hydrogen-bond donors (Lipinski definition) is 0. The maximum atomic E-state index is 10.8. The van der Waals surface area contributed by atoms with Crippen molar-refractivity contribution in [1.29, 1.82) is 0 Å². The zero-order valence-corrected chi connectivity index (χ0v) is 9.21. The average molecular weight is 196 g/mol. The van der Waals surface area contributed by atoms with Gasteiger partial charge in [-0.2, -0.15) is 0 Å². The highest BCUT2D eigenvalue weighted by Crippen LogP contribution is 2.24. The van der Waals surface area contributed by atoms with Crippen LogP contribution in [0.4, 0.5) is 0 Å². The molecular weight excluding hydrogens is 176 g/mol. The summed E-state index contributed by atoms with van der Waals surface area (Å²) in [5, 5.41) is 0. The Morgan fingerprint density at radius 1 is 1.64 bits per heavy atom. The van der Waals surface area contributed by atoms with E-state index in [4.69, 9.17) is 4.74 Å². The third-order valence-corrected chi connectivity index (χ3v) is 2.58. The summed E-state index contributed by atoms with van der Waals surface area (Å²) in [5.41, 5.74) is 1.48. The van der Waals surface area contributed by atoms with Gasteiger partial charge in [0.05, 0.1) is 0 Å². The lowest BCUT2D eigenvalue weighted by molar-refractivity contribution is -0.144. The molecule has 14 heavy (non-hydrogen) atoms. The van der Waals surface area contributed by atoms with E-state index in [9.17, 15) is 4.79 Å². The summed E-state index contributed by atoms with van der Waals surface area (Å²) in [7, 11) is 0. The van der Waals surface area contributed by atoms with E-state index >= 15 is 0 Å². The molecule has 0 aromatic rings. The van der Waals surface area contributed by atoms with Crippen molar-refractivity contribution in [2.75, 3.05) is 0 Å². The number of hydrogen-bond acceptors (Lipinski definition) is 2. The van der Waals surface area contributed by atoms with Gasteiger partial charge in [0, 0.05) is 6.92 Å². The molecule has 0 amide bonds. The second-order valence-corrected chi connectivity index (χ2v) is 3.97. The minimum absolute atomic E-state index is 0.0492. The Morgan fingerprint density at radius 3 is 3.07 bits per heavy atom. The summed E-state index contributed by atoms with van der Waals surface area (Å²) in [6.45, 7) is 3.68. The molecular formula is C12H20O2. The van der Waals surface area contributed by atoms with E-state index in [1.54, 1.807) is 0 Å². The highest BCUT2D eigenvalue weighted by molar-refractivity contribution is 5.66. The van der Waals surface area contributed by atoms with Crippen LogP contribution in [-0.2, 0) is 9.53 Å². The van der Waals surface area contributed by atoms with Crippen LogP contribution < -0.4 is 0 Å². The van der Waals surface area contributed by atoms with Crippen molar-refractivity contribution in [2.24, 2.45) is 0 Å². The van der Waals surface area contributed by atoms with Gasteiger partial charge >= 0.3 is 5.97 Å². The molecule has 1 atom stereocenters. The second kappa shape index (κ2) is 5.84. The Labute approximate surface area is 86.3 Å². The number of carbonyl (C=O) groups excluding carboxylic acids is 1. The molecule has 1 aliphatic carbocycles. The SMILES string of the molecule is CCCCC1=CC(OC(C)=O)CCC1. The normalized spacial score (nSPS) is 21.6. The lowest BCUT2D eigenvalue weighted by Gasteiger charge is -2.20. The van der Waals surface area contributed by atoms with Crippen LogP contribution in [0.2, 0.25) is 0 Å². The molecule has 2 nitrogen and oxygen atoms in total. The van der Waals surface area contributed by atoms with Gasteiger partial charge in [-0.15, -0.1) is 0 Å². The van der Waals surface area contributed by atoms with E-state index in [-0.39, 0.29) is 12.1 Å². The van der Waals surface area contributed by atoms with E-state index in [0.717, 1.165) is 12.8 Å². The monoisotopic (exact) mass is 196 g/mol. The predicted octanol–water partition coefficient (Wildman–Crippen LogP) is 3.22. The Bertz CT molecular complexity index is 218. The van der Waals surface area contributed by atoms with Gasteiger partial charge in [0.1, 0.15) is 6.10 Å². The Kier molecular flexibility index (Phi) is 4.71. The quantitative estimate of drug-likeness (QED) is 0.509. The molecule has 1 aliphatic rings. The van der Waals surface area contributed by atoms with Gasteiger partial charge in [-0.05, 0) is 38.2 Å². The molecule has 0 radical (unpaired) electrons. The number of allylic oxidation sites excluding steroid dienone is 1. The lowest BCUT2D eigenvalue weighted by Crippen LogP contribution is -2.17. The minimum Gasteiger partial charge on any atom is -0.458 e. The van der Waals surface area contributed by atoms with Crippen molar-refractivity contribution in [3.63, 3.8) is 0 Å². The summed E-state index contributed by atoms with van der Waals surface area (Å²) >= 11 is 0. The summed E-state index contributed by atoms with van der Waals surface area (Å²) in [6.07, 6.45) is 9.21. The zero-order chi connectivity index (χ0) is 10.4. The third-order valence-electron chi connectivity index (χ3n) is 2.58. The van der Waals surface area contributed by atoms with Crippen molar-refractivity contribution < 1.29 is 9.53 Å². The maximum Gasteiger partial charge on any atom is 0.303 e. The van der Waals surface area contributed by atoms with Crippen LogP contribution in [0.25, 0.3) is 0 Å². The van der Waals surface area contributed by atoms with Gasteiger partial charge in [-0.25, -0.2) is 0 Å². The van der Waals surface area contributed by atoms with Crippen molar-refractivity contribution >= 4 is 5.97 Å². The van der Waals surface area contributed by atoms with Crippen LogP contribution in [0.3, 0.4) is 0 Å². The molecule has 0 N–H and O–H groups in total. The molecule has 1 unspecified atom stereocenters. The fourth-order valence-electron chi connectivity index (χ4n) is 1.88. The van der Waals surface area contributed by atoms with Crippen LogP contribution in [-0.4, -0.2) is 12.1 Å². The fraction of sp³-hybridized carbons (Fsp3) is 0.750. The Balaban J connectivity index is 2.42. The van der Waals surface area contributed by atoms with Gasteiger partial charge in [-0.3, -0.25) is 4.79 Å². The van der Waals surface area contributed by atoms with Crippen molar-refractivity contribution in [2.45, 2.75) is 58.5 Å². The van der Waals surface area contributed by atoms with E-state index in [1.165, 1.54) is 38.2 Å². The first-order valence-electron chi connectivity index (χ1n) is 5.59. The number of carbonyl (C=O) groups is 1. The first kappa shape index (κ1) is 11.3. The lowest BCUT2D eigenvalue weighted by atomic mass is 9.94. The predicted molar refractivity (Wildman–Crippen MR) is 57.0 cm³/mol. The molecule has 0 aliphatic heterocycles. The van der Waals surface area contributed by atoms with E-state index in [2.05, 4.69) is 13.0 Å². The topological polar surface area (TPSA) is 26.3 Å². The molecule has 0 bridgehead atoms. The number of esters is 1. The second-order valence-electron chi connectivity index (χ2n) is 3.97. The van der Waals surface area contributed by atoms with Gasteiger partial charge in [-0.1, -0.05) is 18.9 Å². The maximum absolute atomic E-state index is 10.8. The number of unbranched alkanes of at least 4 members (excludes halogenated alkanes) is 1. The molecule has 0 saturated carbocycles. The highest BCUT2D eigenvalue weighted by Gasteiger charge is 2.15. The van der Waals surface area contributed by atoms with Crippen molar-refractivity contribution in [3.05, 3.63) is 11.6 Å². The first-order valence-corrected chi connectivity index (χ1v) is 5.59. The van der Waals surface area contributed by atoms with Gasteiger partial charge in [0.15, 0.2) is 0 Å². The number of ether oxygens (including phenoxy) is 1. The van der Waals surface area contributed by atoms with Crippen LogP contribution in [0.5, 0.6) is 0 Å². The van der Waals surface area contributed by atoms with Crippen LogP contribution in [0.15, 0.2) is 11.6 Å². The molecule has 80 valence electrons. The first-order chi connectivity index (χ1) is 6.72. The summed E-state index contributed by atoms with van der Waals surface area (Å²) < 4.78 is 5.19. The Hall–Kier alpha value is -0.790. The van der Waals surface area contributed by atoms with Gasteiger partial charge in [0.25, 0.3) is 0 Å². The molecule has 0 aromatic heterocycles.